The molecular formula is C13H13FN4O2S. The third-order valence-electron chi connectivity index (χ3n) is 3.24. The molecule has 0 aliphatic heterocycles. The van der Waals surface area contributed by atoms with E-state index in [-0.39, 0.29) is 10.3 Å². The second-order valence-corrected chi connectivity index (χ2v) is 6.35. The number of aromatic nitrogens is 3. The van der Waals surface area contributed by atoms with E-state index in [0.717, 1.165) is 5.56 Å². The van der Waals surface area contributed by atoms with Crippen LogP contribution in [0.15, 0.2) is 41.7 Å². The van der Waals surface area contributed by atoms with Crippen molar-refractivity contribution < 1.29 is 12.8 Å². The van der Waals surface area contributed by atoms with Crippen LogP contribution < -0.4 is 5.14 Å². The molecule has 0 bridgehead atoms. The molecule has 0 fully saturated rings. The number of fused-ring (bicyclic) bond motifs is 1. The van der Waals surface area contributed by atoms with E-state index in [1.165, 1.54) is 18.3 Å². The molecule has 0 amide bonds. The third-order valence-corrected chi connectivity index (χ3v) is 4.16. The quantitative estimate of drug-likeness (QED) is 0.789. The highest BCUT2D eigenvalue weighted by Gasteiger charge is 2.20. The lowest BCUT2D eigenvalue weighted by atomic mass is 10.2. The van der Waals surface area contributed by atoms with Gasteiger partial charge in [0.05, 0.1) is 23.6 Å². The van der Waals surface area contributed by atoms with Gasteiger partial charge in [-0.05, 0) is 12.1 Å². The Labute approximate surface area is 120 Å². The Hall–Kier alpha value is -2.19. The minimum atomic E-state index is -4.00. The second kappa shape index (κ2) is 4.68. The normalized spacial score (nSPS) is 12.1. The van der Waals surface area contributed by atoms with Crippen LogP contribution in [0, 0.1) is 5.82 Å². The Morgan fingerprint density at radius 3 is 2.71 bits per heavy atom. The number of aryl methyl sites for hydroxylation is 1. The largest absolute Gasteiger partial charge is 0.341 e. The Morgan fingerprint density at radius 2 is 2.10 bits per heavy atom. The molecule has 0 radical (unpaired) electrons. The zero-order valence-corrected chi connectivity index (χ0v) is 12.0. The minimum Gasteiger partial charge on any atom is -0.341 e. The van der Waals surface area contributed by atoms with Gasteiger partial charge in [0.2, 0.25) is 10.0 Å². The van der Waals surface area contributed by atoms with Crippen LogP contribution in [0.2, 0.25) is 0 Å². The summed E-state index contributed by atoms with van der Waals surface area (Å²) >= 11 is 0. The number of nitrogens with zero attached hydrogens (tertiary/aromatic N) is 3. The summed E-state index contributed by atoms with van der Waals surface area (Å²) in [4.78, 5) is -0.209. The van der Waals surface area contributed by atoms with Crippen LogP contribution in [-0.2, 0) is 23.6 Å². The number of hydrogen-bond donors (Lipinski definition) is 1. The van der Waals surface area contributed by atoms with Gasteiger partial charge < -0.3 is 4.57 Å². The first kappa shape index (κ1) is 13.8. The molecular weight excluding hydrogens is 295 g/mol. The highest BCUT2D eigenvalue weighted by Crippen LogP contribution is 2.27. The summed E-state index contributed by atoms with van der Waals surface area (Å²) in [5.74, 6) is -0.610. The summed E-state index contributed by atoms with van der Waals surface area (Å²) in [6.45, 7) is 0.378. The van der Waals surface area contributed by atoms with Gasteiger partial charge in [-0.3, -0.25) is 4.68 Å². The molecule has 6 nitrogen and oxygen atoms in total. The van der Waals surface area contributed by atoms with Gasteiger partial charge in [-0.15, -0.1) is 0 Å². The molecule has 2 N–H and O–H groups in total. The van der Waals surface area contributed by atoms with Gasteiger partial charge in [-0.2, -0.15) is 5.10 Å². The molecule has 3 aromatic rings. The first-order valence-electron chi connectivity index (χ1n) is 6.14. The molecule has 3 rings (SSSR count). The molecule has 0 spiro atoms. The second-order valence-electron chi connectivity index (χ2n) is 4.82. The van der Waals surface area contributed by atoms with Crippen molar-refractivity contribution in [3.63, 3.8) is 0 Å². The van der Waals surface area contributed by atoms with Crippen molar-refractivity contribution >= 4 is 20.9 Å². The monoisotopic (exact) mass is 308 g/mol. The van der Waals surface area contributed by atoms with E-state index in [4.69, 9.17) is 5.14 Å². The highest BCUT2D eigenvalue weighted by molar-refractivity contribution is 7.89. The van der Waals surface area contributed by atoms with E-state index < -0.39 is 15.8 Å². The average Bonchev–Trinajstić information content (AvgIpc) is 2.95. The van der Waals surface area contributed by atoms with Gasteiger partial charge in [0.15, 0.2) is 0 Å². The lowest BCUT2D eigenvalue weighted by Crippen LogP contribution is -2.12. The maximum atomic E-state index is 14.0. The van der Waals surface area contributed by atoms with Gasteiger partial charge in [0.1, 0.15) is 10.7 Å². The van der Waals surface area contributed by atoms with E-state index in [9.17, 15) is 12.8 Å². The summed E-state index contributed by atoms with van der Waals surface area (Å²) < 4.78 is 40.6. The predicted molar refractivity (Wildman–Crippen MR) is 75.6 cm³/mol. The number of benzene rings is 1. The van der Waals surface area contributed by atoms with Crippen molar-refractivity contribution in [2.45, 2.75) is 11.4 Å². The van der Waals surface area contributed by atoms with E-state index in [1.54, 1.807) is 28.6 Å². The highest BCUT2D eigenvalue weighted by atomic mass is 32.2. The van der Waals surface area contributed by atoms with Crippen molar-refractivity contribution in [1.82, 2.24) is 14.3 Å². The number of sulfonamides is 1. The lowest BCUT2D eigenvalue weighted by Gasteiger charge is -2.02. The van der Waals surface area contributed by atoms with Crippen molar-refractivity contribution in [3.05, 3.63) is 48.2 Å². The molecule has 8 heteroatoms. The SMILES string of the molecule is Cn1cc(Cn2cc(S(N)(=O)=O)c3c(F)cccc32)cn1. The van der Waals surface area contributed by atoms with Crippen LogP contribution in [0.5, 0.6) is 0 Å². The minimum absolute atomic E-state index is 0.0175. The smallest absolute Gasteiger partial charge is 0.240 e. The van der Waals surface area contributed by atoms with Crippen molar-refractivity contribution in [3.8, 4) is 0 Å². The van der Waals surface area contributed by atoms with E-state index in [2.05, 4.69) is 5.10 Å². The Morgan fingerprint density at radius 1 is 1.33 bits per heavy atom. The molecule has 0 unspecified atom stereocenters. The molecule has 1 aromatic carbocycles. The van der Waals surface area contributed by atoms with Gasteiger partial charge >= 0.3 is 0 Å². The third kappa shape index (κ3) is 2.43. The summed E-state index contributed by atoms with van der Waals surface area (Å²) in [7, 11) is -2.22. The van der Waals surface area contributed by atoms with Crippen LogP contribution >= 0.6 is 0 Å². The fourth-order valence-electron chi connectivity index (χ4n) is 2.37. The Kier molecular flexibility index (Phi) is 3.07. The summed E-state index contributed by atoms with van der Waals surface area (Å²) in [6.07, 6.45) is 4.83. The van der Waals surface area contributed by atoms with Crippen LogP contribution in [-0.4, -0.2) is 22.8 Å². The predicted octanol–water partition coefficient (Wildman–Crippen LogP) is 1.21. The topological polar surface area (TPSA) is 82.9 Å². The zero-order chi connectivity index (χ0) is 15.2. The molecule has 0 saturated heterocycles. The molecule has 21 heavy (non-hydrogen) atoms. The number of halogens is 1. The van der Waals surface area contributed by atoms with Gasteiger partial charge in [-0.25, -0.2) is 17.9 Å². The van der Waals surface area contributed by atoms with Crippen LogP contribution in [0.3, 0.4) is 0 Å². The van der Waals surface area contributed by atoms with E-state index in [1.807, 2.05) is 6.20 Å². The first-order valence-corrected chi connectivity index (χ1v) is 7.68. The zero-order valence-electron chi connectivity index (χ0n) is 11.2. The fraction of sp³-hybridized carbons (Fsp3) is 0.154. The number of primary sulfonamides is 1. The summed E-state index contributed by atoms with van der Waals surface area (Å²) in [6, 6.07) is 4.40. The number of rotatable bonds is 3. The van der Waals surface area contributed by atoms with Crippen molar-refractivity contribution in [2.24, 2.45) is 12.2 Å². The van der Waals surface area contributed by atoms with Crippen LogP contribution in [0.1, 0.15) is 5.56 Å². The number of nitrogens with two attached hydrogens (primary N) is 1. The van der Waals surface area contributed by atoms with E-state index >= 15 is 0 Å². The molecule has 0 aliphatic carbocycles. The van der Waals surface area contributed by atoms with Gasteiger partial charge in [0, 0.05) is 25.0 Å². The molecule has 2 heterocycles. The Bertz CT molecular complexity index is 927. The Balaban J connectivity index is 2.22. The fourth-order valence-corrected chi connectivity index (χ4v) is 3.13. The number of hydrogen-bond acceptors (Lipinski definition) is 3. The van der Waals surface area contributed by atoms with Crippen molar-refractivity contribution in [2.75, 3.05) is 0 Å². The standard InChI is InChI=1S/C13H13FN4O2S/c1-17-6-9(5-16-17)7-18-8-12(21(15,19)20)13-10(14)3-2-4-11(13)18/h2-6,8H,7H2,1H3,(H2,15,19,20). The van der Waals surface area contributed by atoms with E-state index in [0.29, 0.717) is 12.1 Å². The molecule has 2 aromatic heterocycles. The summed E-state index contributed by atoms with van der Waals surface area (Å²) in [5.41, 5.74) is 1.35. The summed E-state index contributed by atoms with van der Waals surface area (Å²) in [5, 5.41) is 9.25. The lowest BCUT2D eigenvalue weighted by molar-refractivity contribution is 0.596. The van der Waals surface area contributed by atoms with Crippen molar-refractivity contribution in [1.29, 1.82) is 0 Å². The van der Waals surface area contributed by atoms with Crippen LogP contribution in [0.4, 0.5) is 4.39 Å². The average molecular weight is 308 g/mol. The first-order chi connectivity index (χ1) is 9.86. The molecule has 0 aliphatic rings. The maximum absolute atomic E-state index is 14.0. The van der Waals surface area contributed by atoms with Gasteiger partial charge in [-0.1, -0.05) is 6.07 Å². The maximum Gasteiger partial charge on any atom is 0.240 e. The molecule has 0 saturated carbocycles. The van der Waals surface area contributed by atoms with Gasteiger partial charge in [0.25, 0.3) is 0 Å². The molecule has 0 atom stereocenters. The van der Waals surface area contributed by atoms with Crippen LogP contribution in [0.25, 0.3) is 10.9 Å². The molecule has 110 valence electrons.